The Hall–Kier alpha value is -2.37. The molecule has 1 aliphatic rings. The minimum Gasteiger partial charge on any atom is -0.489 e. The lowest BCUT2D eigenvalue weighted by atomic mass is 9.54. The molecule has 0 radical (unpaired) electrons. The molecule has 150 valence electrons. The number of benzene rings is 2. The van der Waals surface area contributed by atoms with Crippen molar-refractivity contribution in [3.8, 4) is 5.75 Å². The average molecular weight is 383 g/mol. The third-order valence-corrected chi connectivity index (χ3v) is 5.93. The fourth-order valence-corrected chi connectivity index (χ4v) is 3.66. The normalized spacial score (nSPS) is 23.0. The summed E-state index contributed by atoms with van der Waals surface area (Å²) in [6, 6.07) is 15.7. The van der Waals surface area contributed by atoms with Gasteiger partial charge in [-0.2, -0.15) is 0 Å². The first-order valence-electron chi connectivity index (χ1n) is 9.77. The van der Waals surface area contributed by atoms with E-state index in [4.69, 9.17) is 15.2 Å². The molecule has 5 heteroatoms. The zero-order valence-corrected chi connectivity index (χ0v) is 17.1. The predicted octanol–water partition coefficient (Wildman–Crippen LogP) is 4.05. The molecule has 2 aromatic rings. The Bertz CT molecular complexity index is 835. The van der Waals surface area contributed by atoms with Crippen LogP contribution in [0.4, 0.5) is 5.69 Å². The minimum atomic E-state index is -0.943. The van der Waals surface area contributed by atoms with E-state index < -0.39 is 11.0 Å². The summed E-state index contributed by atoms with van der Waals surface area (Å²) in [4.78, 5) is 12.9. The van der Waals surface area contributed by atoms with Gasteiger partial charge >= 0.3 is 0 Å². The second-order valence-electron chi connectivity index (χ2n) is 8.05. The van der Waals surface area contributed by atoms with E-state index in [1.807, 2.05) is 76.2 Å². The average Bonchev–Trinajstić information content (AvgIpc) is 2.68. The minimum absolute atomic E-state index is 0.00288. The first-order chi connectivity index (χ1) is 13.3. The number of nitrogens with two attached hydrogens (primary N) is 1. The van der Waals surface area contributed by atoms with Crippen LogP contribution in [0, 0.1) is 12.3 Å². The lowest BCUT2D eigenvalue weighted by Gasteiger charge is -2.57. The molecule has 2 atom stereocenters. The number of nitrogens with one attached hydrogen (secondary N) is 1. The van der Waals surface area contributed by atoms with Crippen molar-refractivity contribution in [3.63, 3.8) is 0 Å². The van der Waals surface area contributed by atoms with Crippen molar-refractivity contribution < 1.29 is 14.3 Å². The fraction of sp³-hybridized carbons (Fsp3) is 0.435. The topological polar surface area (TPSA) is 73.6 Å². The summed E-state index contributed by atoms with van der Waals surface area (Å²) >= 11 is 0. The molecule has 2 unspecified atom stereocenters. The van der Waals surface area contributed by atoms with E-state index in [2.05, 4.69) is 5.32 Å². The van der Waals surface area contributed by atoms with Gasteiger partial charge in [0.15, 0.2) is 0 Å². The molecule has 0 saturated heterocycles. The lowest BCUT2D eigenvalue weighted by molar-refractivity contribution is -0.166. The first-order valence-corrected chi connectivity index (χ1v) is 9.77. The third kappa shape index (κ3) is 3.77. The molecule has 0 heterocycles. The van der Waals surface area contributed by atoms with Gasteiger partial charge in [0.1, 0.15) is 17.9 Å². The molecule has 0 spiro atoms. The van der Waals surface area contributed by atoms with Crippen LogP contribution in [0.3, 0.4) is 0 Å². The van der Waals surface area contributed by atoms with Crippen molar-refractivity contribution in [2.24, 2.45) is 11.1 Å². The van der Waals surface area contributed by atoms with Crippen molar-refractivity contribution in [2.75, 3.05) is 11.9 Å². The van der Waals surface area contributed by atoms with Crippen LogP contribution >= 0.6 is 0 Å². The quantitative estimate of drug-likeness (QED) is 0.758. The van der Waals surface area contributed by atoms with E-state index in [0.717, 1.165) is 22.6 Å². The van der Waals surface area contributed by atoms with Crippen LogP contribution in [-0.4, -0.2) is 24.2 Å². The molecule has 0 aromatic heterocycles. The zero-order valence-electron chi connectivity index (χ0n) is 17.1. The van der Waals surface area contributed by atoms with Crippen molar-refractivity contribution >= 4 is 11.6 Å². The van der Waals surface area contributed by atoms with Gasteiger partial charge in [-0.05, 0) is 43.2 Å². The van der Waals surface area contributed by atoms with Crippen LogP contribution in [0.25, 0.3) is 0 Å². The van der Waals surface area contributed by atoms with Crippen LogP contribution in [0.2, 0.25) is 0 Å². The molecule has 0 bridgehead atoms. The lowest BCUT2D eigenvalue weighted by Crippen LogP contribution is -2.74. The SMILES string of the molecule is CCOC1CC(N)(C(=O)Nc2ccc(OCc3ccccc3)cc2C)C1(C)C. The second kappa shape index (κ2) is 7.94. The molecule has 1 saturated carbocycles. The maximum absolute atomic E-state index is 12.9. The first kappa shape index (κ1) is 20.4. The summed E-state index contributed by atoms with van der Waals surface area (Å²) in [6.07, 6.45) is 0.528. The molecule has 1 amide bonds. The molecule has 1 fully saturated rings. The van der Waals surface area contributed by atoms with Gasteiger partial charge in [0.2, 0.25) is 5.91 Å². The number of anilines is 1. The van der Waals surface area contributed by atoms with Crippen LogP contribution in [0.5, 0.6) is 5.75 Å². The molecule has 3 rings (SSSR count). The van der Waals surface area contributed by atoms with Gasteiger partial charge in [0.05, 0.1) is 6.10 Å². The molecule has 2 aromatic carbocycles. The van der Waals surface area contributed by atoms with Crippen molar-refractivity contribution in [1.29, 1.82) is 0 Å². The number of hydrogen-bond acceptors (Lipinski definition) is 4. The Kier molecular flexibility index (Phi) is 5.77. The predicted molar refractivity (Wildman–Crippen MR) is 111 cm³/mol. The maximum atomic E-state index is 12.9. The highest BCUT2D eigenvalue weighted by Gasteiger charge is 2.62. The summed E-state index contributed by atoms with van der Waals surface area (Å²) in [5.41, 5.74) is 7.90. The molecule has 28 heavy (non-hydrogen) atoms. The Morgan fingerprint density at radius 1 is 1.21 bits per heavy atom. The Labute approximate surface area is 167 Å². The van der Waals surface area contributed by atoms with Crippen LogP contribution in [0.15, 0.2) is 48.5 Å². The van der Waals surface area contributed by atoms with Gasteiger partial charge in [0, 0.05) is 24.1 Å². The summed E-state index contributed by atoms with van der Waals surface area (Å²) in [7, 11) is 0. The summed E-state index contributed by atoms with van der Waals surface area (Å²) in [5, 5.41) is 3.00. The van der Waals surface area contributed by atoms with E-state index in [0.29, 0.717) is 19.6 Å². The van der Waals surface area contributed by atoms with Crippen molar-refractivity contribution in [3.05, 3.63) is 59.7 Å². The fourth-order valence-electron chi connectivity index (χ4n) is 3.66. The second-order valence-corrected chi connectivity index (χ2v) is 8.05. The van der Waals surface area contributed by atoms with Gasteiger partial charge in [-0.1, -0.05) is 44.2 Å². The van der Waals surface area contributed by atoms with Gasteiger partial charge in [-0.25, -0.2) is 0 Å². The zero-order chi connectivity index (χ0) is 20.4. The van der Waals surface area contributed by atoms with Crippen LogP contribution in [-0.2, 0) is 16.1 Å². The van der Waals surface area contributed by atoms with E-state index in [1.165, 1.54) is 0 Å². The van der Waals surface area contributed by atoms with Crippen LogP contribution < -0.4 is 15.8 Å². The summed E-state index contributed by atoms with van der Waals surface area (Å²) in [5.74, 6) is 0.594. The molecule has 1 aliphatic carbocycles. The van der Waals surface area contributed by atoms with Gasteiger partial charge in [0.25, 0.3) is 0 Å². The smallest absolute Gasteiger partial charge is 0.245 e. The summed E-state index contributed by atoms with van der Waals surface area (Å²) < 4.78 is 11.6. The highest BCUT2D eigenvalue weighted by Crippen LogP contribution is 2.50. The monoisotopic (exact) mass is 382 g/mol. The maximum Gasteiger partial charge on any atom is 0.245 e. The molecular weight excluding hydrogens is 352 g/mol. The Morgan fingerprint density at radius 3 is 2.54 bits per heavy atom. The van der Waals surface area contributed by atoms with Gasteiger partial charge < -0.3 is 20.5 Å². The van der Waals surface area contributed by atoms with Crippen LogP contribution in [0.1, 0.15) is 38.3 Å². The molecular formula is C23H30N2O3. The highest BCUT2D eigenvalue weighted by atomic mass is 16.5. The number of rotatable bonds is 7. The molecule has 5 nitrogen and oxygen atoms in total. The Morgan fingerprint density at radius 2 is 1.93 bits per heavy atom. The van der Waals surface area contributed by atoms with Gasteiger partial charge in [-0.3, -0.25) is 4.79 Å². The molecule has 0 aliphatic heterocycles. The van der Waals surface area contributed by atoms with Crippen molar-refractivity contribution in [1.82, 2.24) is 0 Å². The number of ether oxygens (including phenoxy) is 2. The van der Waals surface area contributed by atoms with Crippen molar-refractivity contribution in [2.45, 2.75) is 52.4 Å². The summed E-state index contributed by atoms with van der Waals surface area (Å²) in [6.45, 7) is 9.01. The van der Waals surface area contributed by atoms with E-state index in [9.17, 15) is 4.79 Å². The van der Waals surface area contributed by atoms with E-state index >= 15 is 0 Å². The van der Waals surface area contributed by atoms with Gasteiger partial charge in [-0.15, -0.1) is 0 Å². The van der Waals surface area contributed by atoms with E-state index in [-0.39, 0.29) is 12.0 Å². The number of aryl methyl sites for hydroxylation is 1. The standard InChI is InChI=1S/C23H30N2O3/c1-5-27-20-14-23(24,22(20,3)4)21(26)25-19-12-11-18(13-16(19)2)28-15-17-9-7-6-8-10-17/h6-13,20H,5,14-15,24H2,1-4H3,(H,25,26). The number of carbonyl (C=O) groups excluding carboxylic acids is 1. The number of amides is 1. The highest BCUT2D eigenvalue weighted by molar-refractivity contribution is 6.00. The molecule has 3 N–H and O–H groups in total. The van der Waals surface area contributed by atoms with E-state index in [1.54, 1.807) is 0 Å². The number of carbonyl (C=O) groups is 1. The number of hydrogen-bond donors (Lipinski definition) is 2. The third-order valence-electron chi connectivity index (χ3n) is 5.93. The largest absolute Gasteiger partial charge is 0.489 e. The Balaban J connectivity index is 1.64.